The summed E-state index contributed by atoms with van der Waals surface area (Å²) >= 11 is 0. The predicted molar refractivity (Wildman–Crippen MR) is 78.2 cm³/mol. The fourth-order valence-electron chi connectivity index (χ4n) is 1.78. The van der Waals surface area contributed by atoms with Crippen LogP contribution in [-0.4, -0.2) is 26.0 Å². The van der Waals surface area contributed by atoms with Crippen molar-refractivity contribution in [2.24, 2.45) is 0 Å². The molecule has 0 heterocycles. The summed E-state index contributed by atoms with van der Waals surface area (Å²) in [5, 5.41) is 5.85. The topological polar surface area (TPSA) is 41.1 Å². The number of carbonyl (C=O) groups is 1. The minimum atomic E-state index is -0.856. The Hall–Kier alpha value is -1.13. The smallest absolute Gasteiger partial charge is 0.230 e. The molecule has 1 aromatic rings. The molecule has 0 saturated heterocycles. The summed E-state index contributed by atoms with van der Waals surface area (Å²) in [4.78, 5) is 12.1. The number of hydrogen-bond acceptors (Lipinski definition) is 2. The maximum absolute atomic E-state index is 13.7. The van der Waals surface area contributed by atoms with Crippen LogP contribution < -0.4 is 10.6 Å². The van der Waals surface area contributed by atoms with Crippen LogP contribution in [0.2, 0.25) is 0 Å². The van der Waals surface area contributed by atoms with Gasteiger partial charge >= 0.3 is 0 Å². The van der Waals surface area contributed by atoms with E-state index in [1.807, 2.05) is 7.05 Å². The van der Waals surface area contributed by atoms with Crippen LogP contribution in [0.25, 0.3) is 0 Å². The van der Waals surface area contributed by atoms with Gasteiger partial charge in [0.1, 0.15) is 5.82 Å². The van der Waals surface area contributed by atoms with E-state index in [2.05, 4.69) is 10.6 Å². The molecule has 19 heavy (non-hydrogen) atoms. The zero-order chi connectivity index (χ0) is 13.6. The molecule has 0 atom stereocenters. The van der Waals surface area contributed by atoms with Crippen molar-refractivity contribution in [3.63, 3.8) is 0 Å². The maximum Gasteiger partial charge on any atom is 0.230 e. The molecule has 0 bridgehead atoms. The summed E-state index contributed by atoms with van der Waals surface area (Å²) in [6, 6.07) is 6.40. The molecule has 0 radical (unpaired) electrons. The van der Waals surface area contributed by atoms with E-state index in [0.29, 0.717) is 12.1 Å². The van der Waals surface area contributed by atoms with E-state index >= 15 is 0 Å². The summed E-state index contributed by atoms with van der Waals surface area (Å²) in [6.45, 7) is 4.91. The van der Waals surface area contributed by atoms with Crippen molar-refractivity contribution < 1.29 is 9.18 Å². The third kappa shape index (κ3) is 4.80. The Bertz CT molecular complexity index is 410. The molecule has 1 aromatic carbocycles. The van der Waals surface area contributed by atoms with Gasteiger partial charge in [-0.1, -0.05) is 18.2 Å². The highest BCUT2D eigenvalue weighted by molar-refractivity contribution is 5.87. The van der Waals surface area contributed by atoms with Gasteiger partial charge in [-0.05, 0) is 39.9 Å². The maximum atomic E-state index is 13.7. The van der Waals surface area contributed by atoms with Gasteiger partial charge in [0.2, 0.25) is 5.91 Å². The molecule has 1 rings (SSSR count). The summed E-state index contributed by atoms with van der Waals surface area (Å²) in [7, 11) is 1.87. The number of carbonyl (C=O) groups excluding carboxylic acids is 1. The number of rotatable bonds is 6. The summed E-state index contributed by atoms with van der Waals surface area (Å²) in [5.41, 5.74) is -0.429. The van der Waals surface area contributed by atoms with Crippen molar-refractivity contribution in [2.45, 2.75) is 25.7 Å². The monoisotopic (exact) mass is 288 g/mol. The Morgan fingerprint density at radius 3 is 2.47 bits per heavy atom. The fraction of sp³-hybridized carbons (Fsp3) is 0.500. The highest BCUT2D eigenvalue weighted by Crippen LogP contribution is 2.25. The van der Waals surface area contributed by atoms with Gasteiger partial charge in [0.25, 0.3) is 0 Å². The van der Waals surface area contributed by atoms with Crippen molar-refractivity contribution in [3.8, 4) is 0 Å². The van der Waals surface area contributed by atoms with Gasteiger partial charge < -0.3 is 10.6 Å². The standard InChI is InChI=1S/C14H21FN2O.ClH/c1-14(2,11-7-4-5-8-12(11)15)13(18)17-10-6-9-16-3;/h4-5,7-8,16H,6,9-10H2,1-3H3,(H,17,18);1H. The van der Waals surface area contributed by atoms with Gasteiger partial charge in [-0.15, -0.1) is 12.4 Å². The molecule has 108 valence electrons. The first-order valence-corrected chi connectivity index (χ1v) is 6.18. The van der Waals surface area contributed by atoms with Crippen molar-refractivity contribution in [3.05, 3.63) is 35.6 Å². The molecule has 0 spiro atoms. The van der Waals surface area contributed by atoms with Crippen LogP contribution in [0.5, 0.6) is 0 Å². The van der Waals surface area contributed by atoms with E-state index in [-0.39, 0.29) is 24.1 Å². The minimum Gasteiger partial charge on any atom is -0.355 e. The minimum absolute atomic E-state index is 0. The zero-order valence-corrected chi connectivity index (χ0v) is 12.4. The van der Waals surface area contributed by atoms with E-state index in [0.717, 1.165) is 13.0 Å². The lowest BCUT2D eigenvalue weighted by molar-refractivity contribution is -0.125. The third-order valence-corrected chi connectivity index (χ3v) is 3.00. The first-order chi connectivity index (χ1) is 8.50. The van der Waals surface area contributed by atoms with Crippen LogP contribution in [0, 0.1) is 5.82 Å². The van der Waals surface area contributed by atoms with Crippen molar-refractivity contribution in [2.75, 3.05) is 20.1 Å². The first-order valence-electron chi connectivity index (χ1n) is 6.18. The molecule has 3 nitrogen and oxygen atoms in total. The molecular formula is C14H22ClFN2O. The second-order valence-electron chi connectivity index (χ2n) is 4.82. The molecule has 0 aliphatic heterocycles. The van der Waals surface area contributed by atoms with Crippen molar-refractivity contribution in [1.29, 1.82) is 0 Å². The Balaban J connectivity index is 0.00000324. The number of hydrogen-bond donors (Lipinski definition) is 2. The summed E-state index contributed by atoms with van der Waals surface area (Å²) in [6.07, 6.45) is 0.857. The third-order valence-electron chi connectivity index (χ3n) is 3.00. The van der Waals surface area contributed by atoms with Crippen LogP contribution in [0.15, 0.2) is 24.3 Å². The molecule has 0 fully saturated rings. The molecule has 0 aliphatic carbocycles. The number of nitrogens with one attached hydrogen (secondary N) is 2. The van der Waals surface area contributed by atoms with Gasteiger partial charge in [-0.3, -0.25) is 4.79 Å². The normalized spacial score (nSPS) is 10.7. The lowest BCUT2D eigenvalue weighted by Gasteiger charge is -2.24. The molecule has 1 amide bonds. The van der Waals surface area contributed by atoms with Crippen LogP contribution in [0.1, 0.15) is 25.8 Å². The Kier molecular flexibility index (Phi) is 7.64. The van der Waals surface area contributed by atoms with Crippen LogP contribution in [0.3, 0.4) is 0 Å². The molecular weight excluding hydrogens is 267 g/mol. The Morgan fingerprint density at radius 2 is 1.89 bits per heavy atom. The summed E-state index contributed by atoms with van der Waals surface area (Å²) < 4.78 is 13.7. The van der Waals surface area contributed by atoms with E-state index in [1.165, 1.54) is 6.07 Å². The van der Waals surface area contributed by atoms with Crippen LogP contribution in [0.4, 0.5) is 4.39 Å². The SMILES string of the molecule is CNCCCNC(=O)C(C)(C)c1ccccc1F.Cl. The highest BCUT2D eigenvalue weighted by atomic mass is 35.5. The van der Waals surface area contributed by atoms with Gasteiger partial charge in [0, 0.05) is 12.1 Å². The molecule has 0 aromatic heterocycles. The van der Waals surface area contributed by atoms with E-state index in [9.17, 15) is 9.18 Å². The largest absolute Gasteiger partial charge is 0.355 e. The van der Waals surface area contributed by atoms with Crippen LogP contribution in [-0.2, 0) is 10.2 Å². The second-order valence-corrected chi connectivity index (χ2v) is 4.82. The van der Waals surface area contributed by atoms with Crippen molar-refractivity contribution in [1.82, 2.24) is 10.6 Å². The number of benzene rings is 1. The highest BCUT2D eigenvalue weighted by Gasteiger charge is 2.31. The van der Waals surface area contributed by atoms with Gasteiger partial charge in [0.15, 0.2) is 0 Å². The summed E-state index contributed by atoms with van der Waals surface area (Å²) in [5.74, 6) is -0.489. The van der Waals surface area contributed by atoms with Gasteiger partial charge in [-0.25, -0.2) is 4.39 Å². The van der Waals surface area contributed by atoms with E-state index in [1.54, 1.807) is 32.0 Å². The lowest BCUT2D eigenvalue weighted by atomic mass is 9.83. The Labute approximate surface area is 120 Å². The van der Waals surface area contributed by atoms with Gasteiger partial charge in [0.05, 0.1) is 5.41 Å². The quantitative estimate of drug-likeness (QED) is 0.789. The average Bonchev–Trinajstić information content (AvgIpc) is 2.34. The zero-order valence-electron chi connectivity index (χ0n) is 11.6. The molecule has 0 unspecified atom stereocenters. The molecule has 0 aliphatic rings. The van der Waals surface area contributed by atoms with E-state index < -0.39 is 5.41 Å². The first kappa shape index (κ1) is 17.9. The van der Waals surface area contributed by atoms with Crippen molar-refractivity contribution >= 4 is 18.3 Å². The predicted octanol–water partition coefficient (Wildman–Crippen LogP) is 2.25. The van der Waals surface area contributed by atoms with E-state index in [4.69, 9.17) is 0 Å². The molecule has 2 N–H and O–H groups in total. The number of halogens is 2. The lowest BCUT2D eigenvalue weighted by Crippen LogP contribution is -2.41. The fourth-order valence-corrected chi connectivity index (χ4v) is 1.78. The molecule has 0 saturated carbocycles. The van der Waals surface area contributed by atoms with Gasteiger partial charge in [-0.2, -0.15) is 0 Å². The molecule has 5 heteroatoms. The Morgan fingerprint density at radius 1 is 1.26 bits per heavy atom. The second kappa shape index (κ2) is 8.12. The average molecular weight is 289 g/mol. The van der Waals surface area contributed by atoms with Crippen LogP contribution >= 0.6 is 12.4 Å². The number of amides is 1.